The lowest BCUT2D eigenvalue weighted by Gasteiger charge is -2.42. The number of hydrogen-bond acceptors (Lipinski definition) is 4. The minimum atomic E-state index is -3.42. The van der Waals surface area contributed by atoms with Gasteiger partial charge in [0.25, 0.3) is 5.92 Å². The molecular weight excluding hydrogens is 400 g/mol. The van der Waals surface area contributed by atoms with Crippen molar-refractivity contribution in [1.29, 1.82) is 0 Å². The Morgan fingerprint density at radius 3 is 2.56 bits per heavy atom. The van der Waals surface area contributed by atoms with Crippen molar-refractivity contribution in [3.8, 4) is 0 Å². The first-order chi connectivity index (χ1) is 12.6. The minimum Gasteiger partial charge on any atom is -0.382 e. The lowest BCUT2D eigenvalue weighted by Crippen LogP contribution is -2.51. The molecule has 27 heavy (non-hydrogen) atoms. The van der Waals surface area contributed by atoms with Gasteiger partial charge in [0.2, 0.25) is 10.0 Å². The summed E-state index contributed by atoms with van der Waals surface area (Å²) in [7, 11) is -3.42. The van der Waals surface area contributed by atoms with Gasteiger partial charge in [-0.05, 0) is 36.8 Å². The number of hydrogen-bond donors (Lipinski definition) is 2. The molecule has 2 heterocycles. The van der Waals surface area contributed by atoms with Crippen LogP contribution >= 0.6 is 11.6 Å². The third kappa shape index (κ3) is 3.14. The lowest BCUT2D eigenvalue weighted by atomic mass is 9.77. The predicted molar refractivity (Wildman–Crippen MR) is 97.1 cm³/mol. The Hall–Kier alpha value is -1.29. The van der Waals surface area contributed by atoms with Gasteiger partial charge in [0, 0.05) is 35.0 Å². The van der Waals surface area contributed by atoms with Gasteiger partial charge in [0.1, 0.15) is 6.10 Å². The molecule has 1 aromatic carbocycles. The monoisotopic (exact) mass is 419 g/mol. The highest BCUT2D eigenvalue weighted by Gasteiger charge is 2.59. The molecule has 4 atom stereocenters. The zero-order valence-electron chi connectivity index (χ0n) is 14.6. The van der Waals surface area contributed by atoms with Gasteiger partial charge < -0.3 is 5.11 Å². The van der Waals surface area contributed by atoms with Crippen LogP contribution in [0.25, 0.3) is 10.9 Å². The van der Waals surface area contributed by atoms with Crippen LogP contribution in [0.1, 0.15) is 24.5 Å². The summed E-state index contributed by atoms with van der Waals surface area (Å²) in [5.74, 6) is -5.47. The summed E-state index contributed by atoms with van der Waals surface area (Å²) in [5, 5.41) is 17.9. The summed E-state index contributed by atoms with van der Waals surface area (Å²) < 4.78 is 55.8. The first kappa shape index (κ1) is 19.0. The van der Waals surface area contributed by atoms with E-state index in [9.17, 15) is 13.5 Å². The van der Waals surface area contributed by atoms with Crippen molar-refractivity contribution in [2.75, 3.05) is 19.3 Å². The van der Waals surface area contributed by atoms with Crippen molar-refractivity contribution in [2.45, 2.75) is 24.9 Å². The fourth-order valence-electron chi connectivity index (χ4n) is 4.73. The minimum absolute atomic E-state index is 0.00458. The number of H-pyrrole nitrogens is 1. The molecule has 2 fully saturated rings. The maximum atomic E-state index is 15.4. The highest BCUT2D eigenvalue weighted by atomic mass is 35.5. The number of sulfonamides is 1. The van der Waals surface area contributed by atoms with Crippen LogP contribution in [0.3, 0.4) is 0 Å². The Balaban J connectivity index is 1.68. The van der Waals surface area contributed by atoms with E-state index in [0.29, 0.717) is 23.7 Å². The van der Waals surface area contributed by atoms with Crippen molar-refractivity contribution < 1.29 is 22.3 Å². The van der Waals surface area contributed by atoms with Crippen LogP contribution in [0.2, 0.25) is 5.02 Å². The largest absolute Gasteiger partial charge is 0.382 e. The van der Waals surface area contributed by atoms with Crippen molar-refractivity contribution in [2.24, 2.45) is 17.8 Å². The van der Waals surface area contributed by atoms with Crippen LogP contribution in [-0.2, 0) is 10.0 Å². The molecule has 1 aliphatic carbocycles. The van der Waals surface area contributed by atoms with E-state index in [2.05, 4.69) is 10.2 Å². The van der Waals surface area contributed by atoms with Crippen LogP contribution in [0, 0.1) is 17.8 Å². The number of nitrogens with zero attached hydrogens (tertiary/aromatic N) is 2. The number of fused-ring (bicyclic) bond motifs is 3. The van der Waals surface area contributed by atoms with Gasteiger partial charge in [0.15, 0.2) is 0 Å². The number of piperidine rings is 1. The quantitative estimate of drug-likeness (QED) is 0.797. The predicted octanol–water partition coefficient (Wildman–Crippen LogP) is 2.80. The van der Waals surface area contributed by atoms with Gasteiger partial charge in [-0.25, -0.2) is 21.5 Å². The van der Waals surface area contributed by atoms with E-state index in [1.165, 1.54) is 16.6 Å². The molecule has 6 nitrogen and oxygen atoms in total. The summed E-state index contributed by atoms with van der Waals surface area (Å²) in [6.07, 6.45) is 1.55. The maximum Gasteiger partial charge on any atom is 0.281 e. The number of nitrogens with one attached hydrogen (secondary N) is 1. The van der Waals surface area contributed by atoms with Crippen LogP contribution < -0.4 is 0 Å². The number of aromatic amines is 1. The van der Waals surface area contributed by atoms with Crippen LogP contribution in [0.4, 0.5) is 8.78 Å². The molecule has 2 aliphatic rings. The first-order valence-electron chi connectivity index (χ1n) is 8.72. The summed E-state index contributed by atoms with van der Waals surface area (Å²) in [4.78, 5) is 0. The Labute approximate surface area is 160 Å². The first-order valence-corrected chi connectivity index (χ1v) is 10.9. The molecule has 2 N–H and O–H groups in total. The molecule has 1 saturated heterocycles. The van der Waals surface area contributed by atoms with Gasteiger partial charge in [0.05, 0.1) is 18.0 Å². The van der Waals surface area contributed by atoms with Gasteiger partial charge in [-0.2, -0.15) is 5.10 Å². The molecule has 0 radical (unpaired) electrons. The van der Waals surface area contributed by atoms with Crippen molar-refractivity contribution >= 4 is 32.5 Å². The second kappa shape index (κ2) is 6.37. The highest BCUT2D eigenvalue weighted by molar-refractivity contribution is 7.88. The van der Waals surface area contributed by atoms with Gasteiger partial charge in [-0.15, -0.1) is 0 Å². The van der Waals surface area contributed by atoms with E-state index >= 15 is 8.78 Å². The van der Waals surface area contributed by atoms with Crippen molar-refractivity contribution in [3.05, 3.63) is 28.9 Å². The second-order valence-electron chi connectivity index (χ2n) is 7.61. The highest BCUT2D eigenvalue weighted by Crippen LogP contribution is 2.54. The number of halogens is 3. The number of aliphatic hydroxyl groups is 1. The standard InChI is InChI=1S/C17H20ClF2N3O3S/c1-27(25,26)23-7-9-2-3-10(8-23)14(9)17(19,20)16(24)13-5-12(18)4-11-6-21-22-15(11)13/h4-6,9-10,14,16,24H,2-3,7-8H2,1H3,(H,21,22)/t9-,10?,14+,16?/m0/s1. The molecule has 10 heteroatoms. The topological polar surface area (TPSA) is 86.3 Å². The van der Waals surface area contributed by atoms with Gasteiger partial charge >= 0.3 is 0 Å². The smallest absolute Gasteiger partial charge is 0.281 e. The summed E-state index contributed by atoms with van der Waals surface area (Å²) in [6, 6.07) is 2.91. The van der Waals surface area contributed by atoms with E-state index in [1.807, 2.05) is 0 Å². The van der Waals surface area contributed by atoms with Gasteiger partial charge in [-0.1, -0.05) is 11.6 Å². The maximum absolute atomic E-state index is 15.4. The molecule has 4 rings (SSSR count). The zero-order chi connectivity index (χ0) is 19.6. The molecule has 1 aliphatic heterocycles. The Morgan fingerprint density at radius 2 is 1.96 bits per heavy atom. The van der Waals surface area contributed by atoms with E-state index in [1.54, 1.807) is 6.07 Å². The van der Waals surface area contributed by atoms with Crippen LogP contribution in [0.15, 0.2) is 18.3 Å². The summed E-state index contributed by atoms with van der Waals surface area (Å²) in [6.45, 7) is 0.134. The lowest BCUT2D eigenvalue weighted by molar-refractivity contribution is -0.176. The SMILES string of the molecule is CS(=O)(=O)N1CC2CC[C@@H](C1)[C@H]2C(F)(F)C(O)c1cc(Cl)cc2cn[nH]c12. The molecule has 0 spiro atoms. The fourth-order valence-corrected chi connectivity index (χ4v) is 5.89. The molecule has 148 valence electrons. The summed E-state index contributed by atoms with van der Waals surface area (Å²) >= 11 is 6.03. The van der Waals surface area contributed by atoms with Gasteiger partial charge in [-0.3, -0.25) is 5.10 Å². The summed E-state index contributed by atoms with van der Waals surface area (Å²) in [5.41, 5.74) is 0.331. The Bertz CT molecular complexity index is 967. The van der Waals surface area contributed by atoms with Crippen molar-refractivity contribution in [1.82, 2.24) is 14.5 Å². The number of alkyl halides is 2. The normalized spacial score (nSPS) is 28.0. The molecule has 2 unspecified atom stereocenters. The number of benzene rings is 1. The van der Waals surface area contributed by atoms with Crippen LogP contribution in [0.5, 0.6) is 0 Å². The second-order valence-corrected chi connectivity index (χ2v) is 10.0. The molecule has 1 saturated carbocycles. The molecule has 2 bridgehead atoms. The number of aliphatic hydroxyl groups excluding tert-OH is 1. The van der Waals surface area contributed by atoms with E-state index in [4.69, 9.17) is 11.6 Å². The molecular formula is C17H20ClF2N3O3S. The zero-order valence-corrected chi connectivity index (χ0v) is 16.1. The Morgan fingerprint density at radius 1 is 1.33 bits per heavy atom. The number of aromatic nitrogens is 2. The Kier molecular flexibility index (Phi) is 4.49. The van der Waals surface area contributed by atoms with Crippen LogP contribution in [-0.4, -0.2) is 53.3 Å². The van der Waals surface area contributed by atoms with E-state index < -0.39 is 39.8 Å². The fraction of sp³-hybridized carbons (Fsp3) is 0.588. The number of rotatable bonds is 4. The third-order valence-electron chi connectivity index (χ3n) is 5.92. The van der Waals surface area contributed by atoms with E-state index in [-0.39, 0.29) is 23.7 Å². The molecule has 0 amide bonds. The van der Waals surface area contributed by atoms with E-state index in [0.717, 1.165) is 6.26 Å². The molecule has 1 aromatic heterocycles. The average Bonchev–Trinajstić information content (AvgIpc) is 3.14. The average molecular weight is 420 g/mol. The van der Waals surface area contributed by atoms with Crippen molar-refractivity contribution in [3.63, 3.8) is 0 Å². The molecule has 2 aromatic rings. The third-order valence-corrected chi connectivity index (χ3v) is 7.37.